The second kappa shape index (κ2) is 6.58. The van der Waals surface area contributed by atoms with Crippen molar-refractivity contribution in [1.82, 2.24) is 0 Å². The van der Waals surface area contributed by atoms with Crippen LogP contribution in [-0.2, 0) is 0 Å². The average molecular weight is 351 g/mol. The van der Waals surface area contributed by atoms with E-state index in [1.807, 2.05) is 31.2 Å². The van der Waals surface area contributed by atoms with Crippen LogP contribution in [0.2, 0.25) is 0 Å². The summed E-state index contributed by atoms with van der Waals surface area (Å²) in [5, 5.41) is 14.3. The van der Waals surface area contributed by atoms with Gasteiger partial charge >= 0.3 is 0 Å². The van der Waals surface area contributed by atoms with Gasteiger partial charge in [0.1, 0.15) is 11.4 Å². The van der Waals surface area contributed by atoms with Crippen LogP contribution in [0, 0.1) is 10.1 Å². The molecule has 110 valence electrons. The SMILES string of the molecule is COc1ccc(C(C)Nc2ccc(Br)cc2[N+](=O)[O-])cc1. The van der Waals surface area contributed by atoms with E-state index < -0.39 is 4.92 Å². The topological polar surface area (TPSA) is 64.4 Å². The first-order chi connectivity index (χ1) is 10.0. The van der Waals surface area contributed by atoms with E-state index in [9.17, 15) is 10.1 Å². The molecule has 0 aliphatic rings. The van der Waals surface area contributed by atoms with Crippen LogP contribution in [0.25, 0.3) is 0 Å². The maximum absolute atomic E-state index is 11.1. The molecule has 1 N–H and O–H groups in total. The van der Waals surface area contributed by atoms with Crippen LogP contribution in [0.3, 0.4) is 0 Å². The van der Waals surface area contributed by atoms with Gasteiger partial charge < -0.3 is 10.1 Å². The number of nitro groups is 1. The second-order valence-corrected chi connectivity index (χ2v) is 5.47. The number of benzene rings is 2. The van der Waals surface area contributed by atoms with Crippen molar-refractivity contribution in [3.8, 4) is 5.75 Å². The molecule has 0 bridgehead atoms. The number of nitrogens with one attached hydrogen (secondary N) is 1. The van der Waals surface area contributed by atoms with E-state index in [1.54, 1.807) is 19.2 Å². The minimum Gasteiger partial charge on any atom is -0.497 e. The van der Waals surface area contributed by atoms with E-state index in [-0.39, 0.29) is 11.7 Å². The van der Waals surface area contributed by atoms with Crippen LogP contribution in [0.5, 0.6) is 5.75 Å². The lowest BCUT2D eigenvalue weighted by Crippen LogP contribution is -2.08. The van der Waals surface area contributed by atoms with Crippen molar-refractivity contribution in [3.63, 3.8) is 0 Å². The van der Waals surface area contributed by atoms with E-state index in [0.717, 1.165) is 11.3 Å². The van der Waals surface area contributed by atoms with Gasteiger partial charge in [0.05, 0.1) is 12.0 Å². The van der Waals surface area contributed by atoms with E-state index in [2.05, 4.69) is 21.2 Å². The molecule has 0 spiro atoms. The molecule has 0 amide bonds. The van der Waals surface area contributed by atoms with Gasteiger partial charge in [-0.05, 0) is 36.8 Å². The standard InChI is InChI=1S/C15H15BrN2O3/c1-10(11-3-6-13(21-2)7-4-11)17-14-8-5-12(16)9-15(14)18(19)20/h3-10,17H,1-2H3. The van der Waals surface area contributed by atoms with Crippen molar-refractivity contribution in [2.24, 2.45) is 0 Å². The van der Waals surface area contributed by atoms with Gasteiger partial charge in [-0.2, -0.15) is 0 Å². The number of nitrogens with zero attached hydrogens (tertiary/aromatic N) is 1. The molecule has 2 aromatic carbocycles. The highest BCUT2D eigenvalue weighted by Crippen LogP contribution is 2.31. The van der Waals surface area contributed by atoms with Gasteiger partial charge in [-0.3, -0.25) is 10.1 Å². The third-order valence-electron chi connectivity index (χ3n) is 3.14. The summed E-state index contributed by atoms with van der Waals surface area (Å²) in [6.45, 7) is 1.95. The summed E-state index contributed by atoms with van der Waals surface area (Å²) in [5.74, 6) is 0.778. The van der Waals surface area contributed by atoms with Crippen molar-refractivity contribution >= 4 is 27.3 Å². The van der Waals surface area contributed by atoms with E-state index in [0.29, 0.717) is 10.2 Å². The average Bonchev–Trinajstić information content (AvgIpc) is 2.49. The summed E-state index contributed by atoms with van der Waals surface area (Å²) in [6, 6.07) is 12.5. The Hall–Kier alpha value is -2.08. The predicted octanol–water partition coefficient (Wildman–Crippen LogP) is 4.54. The zero-order valence-electron chi connectivity index (χ0n) is 11.7. The Kier molecular flexibility index (Phi) is 4.80. The van der Waals surface area contributed by atoms with Crippen LogP contribution in [0.15, 0.2) is 46.9 Å². The molecule has 21 heavy (non-hydrogen) atoms. The highest BCUT2D eigenvalue weighted by molar-refractivity contribution is 9.10. The Labute approximate surface area is 131 Å². The molecule has 1 unspecified atom stereocenters. The first-order valence-electron chi connectivity index (χ1n) is 6.35. The van der Waals surface area contributed by atoms with Crippen molar-refractivity contribution in [2.45, 2.75) is 13.0 Å². The summed E-state index contributed by atoms with van der Waals surface area (Å²) in [6.07, 6.45) is 0. The summed E-state index contributed by atoms with van der Waals surface area (Å²) in [7, 11) is 1.61. The smallest absolute Gasteiger partial charge is 0.293 e. The molecule has 2 rings (SSSR count). The monoisotopic (exact) mass is 350 g/mol. The van der Waals surface area contributed by atoms with Crippen LogP contribution < -0.4 is 10.1 Å². The zero-order chi connectivity index (χ0) is 15.4. The van der Waals surface area contributed by atoms with E-state index in [1.165, 1.54) is 6.07 Å². The lowest BCUT2D eigenvalue weighted by molar-refractivity contribution is -0.384. The van der Waals surface area contributed by atoms with Gasteiger partial charge in [0.25, 0.3) is 5.69 Å². The largest absolute Gasteiger partial charge is 0.497 e. The molecule has 0 radical (unpaired) electrons. The molecule has 0 fully saturated rings. The lowest BCUT2D eigenvalue weighted by Gasteiger charge is -2.16. The first kappa shape index (κ1) is 15.3. The molecule has 0 aromatic heterocycles. The number of hydrogen-bond acceptors (Lipinski definition) is 4. The van der Waals surface area contributed by atoms with Gasteiger partial charge in [0, 0.05) is 16.6 Å². The van der Waals surface area contributed by atoms with Crippen LogP contribution in [0.4, 0.5) is 11.4 Å². The van der Waals surface area contributed by atoms with Crippen LogP contribution in [0.1, 0.15) is 18.5 Å². The van der Waals surface area contributed by atoms with Gasteiger partial charge in [-0.25, -0.2) is 0 Å². The Bertz CT molecular complexity index is 644. The number of anilines is 1. The Balaban J connectivity index is 2.22. The summed E-state index contributed by atoms with van der Waals surface area (Å²) in [4.78, 5) is 10.7. The molecule has 0 saturated carbocycles. The summed E-state index contributed by atoms with van der Waals surface area (Å²) in [5.41, 5.74) is 1.56. The molecule has 1 atom stereocenters. The molecule has 0 heterocycles. The number of rotatable bonds is 5. The number of ether oxygens (including phenoxy) is 1. The van der Waals surface area contributed by atoms with Crippen molar-refractivity contribution in [3.05, 3.63) is 62.6 Å². The Morgan fingerprint density at radius 2 is 1.90 bits per heavy atom. The molecule has 0 aliphatic heterocycles. The quantitative estimate of drug-likeness (QED) is 0.635. The Morgan fingerprint density at radius 3 is 2.48 bits per heavy atom. The zero-order valence-corrected chi connectivity index (χ0v) is 13.3. The molecule has 0 saturated heterocycles. The molecule has 5 nitrogen and oxygen atoms in total. The first-order valence-corrected chi connectivity index (χ1v) is 7.15. The van der Waals surface area contributed by atoms with Crippen LogP contribution >= 0.6 is 15.9 Å². The molecule has 0 aliphatic carbocycles. The minimum absolute atomic E-state index is 0.0461. The maximum atomic E-state index is 11.1. The van der Waals surface area contributed by atoms with Gasteiger partial charge in [-0.1, -0.05) is 28.1 Å². The third kappa shape index (κ3) is 3.72. The van der Waals surface area contributed by atoms with Crippen LogP contribution in [-0.4, -0.2) is 12.0 Å². The number of methoxy groups -OCH3 is 1. The van der Waals surface area contributed by atoms with Gasteiger partial charge in [-0.15, -0.1) is 0 Å². The number of nitro benzene ring substituents is 1. The van der Waals surface area contributed by atoms with Gasteiger partial charge in [0.15, 0.2) is 0 Å². The molecular weight excluding hydrogens is 336 g/mol. The van der Waals surface area contributed by atoms with E-state index in [4.69, 9.17) is 4.74 Å². The highest BCUT2D eigenvalue weighted by atomic mass is 79.9. The lowest BCUT2D eigenvalue weighted by atomic mass is 10.1. The Morgan fingerprint density at radius 1 is 1.24 bits per heavy atom. The molecular formula is C15H15BrN2O3. The van der Waals surface area contributed by atoms with Crippen molar-refractivity contribution < 1.29 is 9.66 Å². The summed E-state index contributed by atoms with van der Waals surface area (Å²) >= 11 is 3.25. The number of halogens is 1. The third-order valence-corrected chi connectivity index (χ3v) is 3.64. The normalized spacial score (nSPS) is 11.8. The second-order valence-electron chi connectivity index (χ2n) is 4.56. The van der Waals surface area contributed by atoms with E-state index >= 15 is 0 Å². The molecule has 2 aromatic rings. The highest BCUT2D eigenvalue weighted by Gasteiger charge is 2.16. The van der Waals surface area contributed by atoms with Crippen molar-refractivity contribution in [2.75, 3.05) is 12.4 Å². The molecule has 6 heteroatoms. The van der Waals surface area contributed by atoms with Crippen molar-refractivity contribution in [1.29, 1.82) is 0 Å². The van der Waals surface area contributed by atoms with Gasteiger partial charge in [0.2, 0.25) is 0 Å². The number of hydrogen-bond donors (Lipinski definition) is 1. The predicted molar refractivity (Wildman–Crippen MR) is 85.8 cm³/mol. The fourth-order valence-corrected chi connectivity index (χ4v) is 2.34. The summed E-state index contributed by atoms with van der Waals surface area (Å²) < 4.78 is 5.79. The fourth-order valence-electron chi connectivity index (χ4n) is 1.99. The fraction of sp³-hybridized carbons (Fsp3) is 0.200. The minimum atomic E-state index is -0.395. The maximum Gasteiger partial charge on any atom is 0.293 e.